The van der Waals surface area contributed by atoms with Crippen molar-refractivity contribution in [2.24, 2.45) is 5.92 Å². The molecule has 1 N–H and O–H groups in total. The number of amides is 2. The monoisotopic (exact) mass is 302 g/mol. The summed E-state index contributed by atoms with van der Waals surface area (Å²) < 4.78 is 25.8. The fourth-order valence-corrected chi connectivity index (χ4v) is 3.54. The molecule has 6 heteroatoms. The van der Waals surface area contributed by atoms with E-state index < -0.39 is 24.6 Å². The molecule has 0 bridgehead atoms. The minimum atomic E-state index is -2.61. The molecule has 1 aliphatic heterocycles. The zero-order valence-electron chi connectivity index (χ0n) is 12.7. The van der Waals surface area contributed by atoms with Gasteiger partial charge in [-0.3, -0.25) is 9.59 Å². The van der Waals surface area contributed by atoms with Crippen LogP contribution in [0.3, 0.4) is 0 Å². The van der Waals surface area contributed by atoms with Crippen LogP contribution in [0, 0.1) is 5.92 Å². The van der Waals surface area contributed by atoms with E-state index in [1.54, 1.807) is 0 Å². The van der Waals surface area contributed by atoms with E-state index in [2.05, 4.69) is 5.32 Å². The fourth-order valence-electron chi connectivity index (χ4n) is 3.54. The van der Waals surface area contributed by atoms with Gasteiger partial charge in [-0.05, 0) is 25.2 Å². The van der Waals surface area contributed by atoms with Crippen molar-refractivity contribution >= 4 is 11.8 Å². The standard InChI is InChI=1S/C15H24F2N2O2/c1-10(2)8-11-13(20)19(9-12(16)17)15(14(21)18-11)6-4-3-5-7-15/h10-12H,3-9H2,1-2H3,(H,18,21). The number of alkyl halides is 2. The van der Waals surface area contributed by atoms with Gasteiger partial charge < -0.3 is 10.2 Å². The van der Waals surface area contributed by atoms with Crippen LogP contribution in [0.5, 0.6) is 0 Å². The molecule has 1 heterocycles. The van der Waals surface area contributed by atoms with E-state index in [0.29, 0.717) is 19.3 Å². The third-order valence-corrected chi connectivity index (χ3v) is 4.52. The van der Waals surface area contributed by atoms with E-state index in [9.17, 15) is 18.4 Å². The highest BCUT2D eigenvalue weighted by molar-refractivity contribution is 5.99. The van der Waals surface area contributed by atoms with E-state index >= 15 is 0 Å². The van der Waals surface area contributed by atoms with Gasteiger partial charge in [0, 0.05) is 0 Å². The number of rotatable bonds is 4. The van der Waals surface area contributed by atoms with Crippen molar-refractivity contribution < 1.29 is 18.4 Å². The Balaban J connectivity index is 2.28. The van der Waals surface area contributed by atoms with Crippen LogP contribution in [-0.2, 0) is 9.59 Å². The van der Waals surface area contributed by atoms with Crippen molar-refractivity contribution in [1.82, 2.24) is 10.2 Å². The predicted octanol–water partition coefficient (Wildman–Crippen LogP) is 2.33. The van der Waals surface area contributed by atoms with Crippen molar-refractivity contribution in [3.8, 4) is 0 Å². The highest BCUT2D eigenvalue weighted by Crippen LogP contribution is 2.37. The van der Waals surface area contributed by atoms with Crippen LogP contribution in [0.15, 0.2) is 0 Å². The maximum Gasteiger partial charge on any atom is 0.255 e. The lowest BCUT2D eigenvalue weighted by molar-refractivity contribution is -0.163. The maximum atomic E-state index is 12.9. The van der Waals surface area contributed by atoms with Crippen molar-refractivity contribution in [2.45, 2.75) is 70.4 Å². The minimum absolute atomic E-state index is 0.216. The van der Waals surface area contributed by atoms with Gasteiger partial charge in [0.2, 0.25) is 11.8 Å². The lowest BCUT2D eigenvalue weighted by atomic mass is 9.77. The van der Waals surface area contributed by atoms with E-state index in [1.165, 1.54) is 4.90 Å². The molecule has 2 rings (SSSR count). The van der Waals surface area contributed by atoms with Crippen molar-refractivity contribution in [3.63, 3.8) is 0 Å². The molecule has 1 aliphatic carbocycles. The molecule has 0 aromatic carbocycles. The number of hydrogen-bond donors (Lipinski definition) is 1. The second-order valence-corrected chi connectivity index (χ2v) is 6.59. The number of hydrogen-bond acceptors (Lipinski definition) is 2. The normalized spacial score (nSPS) is 25.8. The molecular formula is C15H24F2N2O2. The molecule has 1 spiro atoms. The smallest absolute Gasteiger partial charge is 0.255 e. The minimum Gasteiger partial charge on any atom is -0.342 e. The first-order valence-electron chi connectivity index (χ1n) is 7.77. The van der Waals surface area contributed by atoms with Gasteiger partial charge in [0.05, 0.1) is 6.54 Å². The Morgan fingerprint density at radius 1 is 1.24 bits per heavy atom. The summed E-state index contributed by atoms with van der Waals surface area (Å²) in [5.74, 6) is -0.369. The molecule has 120 valence electrons. The largest absolute Gasteiger partial charge is 0.342 e. The summed E-state index contributed by atoms with van der Waals surface area (Å²) in [6.45, 7) is 3.25. The summed E-state index contributed by atoms with van der Waals surface area (Å²) in [6, 6.07) is -0.663. The molecule has 0 radical (unpaired) electrons. The number of piperazine rings is 1. The Morgan fingerprint density at radius 3 is 2.38 bits per heavy atom. The molecule has 2 fully saturated rings. The van der Waals surface area contributed by atoms with Crippen LogP contribution in [0.4, 0.5) is 8.78 Å². The average molecular weight is 302 g/mol. The maximum absolute atomic E-state index is 12.9. The van der Waals surface area contributed by atoms with Gasteiger partial charge in [-0.1, -0.05) is 33.1 Å². The molecule has 21 heavy (non-hydrogen) atoms. The van der Waals surface area contributed by atoms with Gasteiger partial charge in [-0.25, -0.2) is 8.78 Å². The number of carbonyl (C=O) groups excluding carboxylic acids is 2. The molecular weight excluding hydrogens is 278 g/mol. The second kappa shape index (κ2) is 6.28. The summed E-state index contributed by atoms with van der Waals surface area (Å²) in [5, 5.41) is 2.79. The lowest BCUT2D eigenvalue weighted by Gasteiger charge is -2.50. The van der Waals surface area contributed by atoms with Crippen LogP contribution in [0.2, 0.25) is 0 Å². The molecule has 2 amide bonds. The van der Waals surface area contributed by atoms with Crippen molar-refractivity contribution in [2.75, 3.05) is 6.54 Å². The number of halogens is 2. The van der Waals surface area contributed by atoms with Crippen LogP contribution in [-0.4, -0.2) is 41.3 Å². The Labute approximate surface area is 124 Å². The van der Waals surface area contributed by atoms with Gasteiger partial charge in [-0.2, -0.15) is 0 Å². The highest BCUT2D eigenvalue weighted by Gasteiger charge is 2.53. The first kappa shape index (κ1) is 16.2. The molecule has 1 saturated carbocycles. The molecule has 4 nitrogen and oxygen atoms in total. The zero-order valence-corrected chi connectivity index (χ0v) is 12.7. The third-order valence-electron chi connectivity index (χ3n) is 4.52. The van der Waals surface area contributed by atoms with Gasteiger partial charge in [0.1, 0.15) is 11.6 Å². The second-order valence-electron chi connectivity index (χ2n) is 6.59. The Hall–Kier alpha value is -1.20. The first-order chi connectivity index (χ1) is 9.86. The summed E-state index contributed by atoms with van der Waals surface area (Å²) >= 11 is 0. The van der Waals surface area contributed by atoms with E-state index in [4.69, 9.17) is 0 Å². The number of carbonyl (C=O) groups is 2. The van der Waals surface area contributed by atoms with Gasteiger partial charge >= 0.3 is 0 Å². The molecule has 1 atom stereocenters. The van der Waals surface area contributed by atoms with Crippen LogP contribution < -0.4 is 5.32 Å². The van der Waals surface area contributed by atoms with E-state index in [-0.39, 0.29) is 17.7 Å². The summed E-state index contributed by atoms with van der Waals surface area (Å²) in [4.78, 5) is 26.3. The van der Waals surface area contributed by atoms with E-state index in [1.807, 2.05) is 13.8 Å². The Morgan fingerprint density at radius 2 is 1.86 bits per heavy atom. The molecule has 1 unspecified atom stereocenters. The quantitative estimate of drug-likeness (QED) is 0.866. The first-order valence-corrected chi connectivity index (χ1v) is 7.77. The van der Waals surface area contributed by atoms with Crippen LogP contribution in [0.25, 0.3) is 0 Å². The fraction of sp³-hybridized carbons (Fsp3) is 0.867. The Kier molecular flexibility index (Phi) is 4.84. The topological polar surface area (TPSA) is 49.4 Å². The molecule has 2 aliphatic rings. The highest BCUT2D eigenvalue weighted by atomic mass is 19.3. The average Bonchev–Trinajstić information content (AvgIpc) is 2.42. The van der Waals surface area contributed by atoms with Crippen LogP contribution in [0.1, 0.15) is 52.4 Å². The summed E-state index contributed by atoms with van der Waals surface area (Å²) in [7, 11) is 0. The van der Waals surface area contributed by atoms with Crippen LogP contribution >= 0.6 is 0 Å². The van der Waals surface area contributed by atoms with Gasteiger partial charge in [-0.15, -0.1) is 0 Å². The molecule has 1 saturated heterocycles. The van der Waals surface area contributed by atoms with Gasteiger partial charge in [0.25, 0.3) is 6.43 Å². The molecule has 0 aromatic rings. The lowest BCUT2D eigenvalue weighted by Crippen LogP contribution is -2.71. The summed E-state index contributed by atoms with van der Waals surface area (Å²) in [5.41, 5.74) is -1.04. The Bertz CT molecular complexity index is 406. The number of nitrogens with zero attached hydrogens (tertiary/aromatic N) is 1. The third kappa shape index (κ3) is 3.19. The SMILES string of the molecule is CC(C)CC1NC(=O)C2(CCCCC2)N(CC(F)F)C1=O. The van der Waals surface area contributed by atoms with E-state index in [0.717, 1.165) is 19.3 Å². The summed E-state index contributed by atoms with van der Waals surface area (Å²) in [6.07, 6.45) is 1.45. The van der Waals surface area contributed by atoms with Crippen molar-refractivity contribution in [1.29, 1.82) is 0 Å². The molecule has 0 aromatic heterocycles. The zero-order chi connectivity index (χ0) is 15.6. The van der Waals surface area contributed by atoms with Crippen molar-refractivity contribution in [3.05, 3.63) is 0 Å². The number of nitrogens with one attached hydrogen (secondary N) is 1. The predicted molar refractivity (Wildman–Crippen MR) is 74.9 cm³/mol. The van der Waals surface area contributed by atoms with Gasteiger partial charge in [0.15, 0.2) is 0 Å².